The van der Waals surface area contributed by atoms with Crippen LogP contribution >= 0.6 is 0 Å². The molecule has 2 bridgehead atoms. The van der Waals surface area contributed by atoms with Crippen molar-refractivity contribution in [2.45, 2.75) is 70.8 Å². The summed E-state index contributed by atoms with van der Waals surface area (Å²) in [6, 6.07) is 16.7. The molecule has 1 saturated heterocycles. The van der Waals surface area contributed by atoms with Crippen molar-refractivity contribution in [1.82, 2.24) is 4.90 Å². The summed E-state index contributed by atoms with van der Waals surface area (Å²) < 4.78 is 6.21. The molecular weight excluding hydrogens is 420 g/mol. The number of carbonyl (C=O) groups is 1. The lowest BCUT2D eigenvalue weighted by atomic mass is 9.64. The monoisotopic (exact) mass is 460 g/mol. The molecule has 4 heteroatoms. The predicted octanol–water partition coefficient (Wildman–Crippen LogP) is 6.76. The lowest BCUT2D eigenvalue weighted by molar-refractivity contribution is -0.129. The number of hydrogen-bond acceptors (Lipinski definition) is 3. The molecule has 3 unspecified atom stereocenters. The highest BCUT2D eigenvalue weighted by atomic mass is 16.5. The van der Waals surface area contributed by atoms with Gasteiger partial charge in [0.05, 0.1) is 5.41 Å². The Kier molecular flexibility index (Phi) is 6.96. The van der Waals surface area contributed by atoms with E-state index in [0.717, 1.165) is 73.7 Å². The van der Waals surface area contributed by atoms with Crippen molar-refractivity contribution in [1.29, 1.82) is 0 Å². The first-order chi connectivity index (χ1) is 16.5. The number of nitrogens with one attached hydrogen (secondary N) is 1. The fraction of sp³-hybridized carbons (Fsp3) is 0.567. The van der Waals surface area contributed by atoms with Crippen LogP contribution in [0.1, 0.15) is 64.7 Å². The van der Waals surface area contributed by atoms with Crippen LogP contribution in [0.25, 0.3) is 11.1 Å². The van der Waals surface area contributed by atoms with Gasteiger partial charge < -0.3 is 15.0 Å². The van der Waals surface area contributed by atoms with Crippen molar-refractivity contribution >= 4 is 11.6 Å². The summed E-state index contributed by atoms with van der Waals surface area (Å²) in [6.45, 7) is 4.53. The summed E-state index contributed by atoms with van der Waals surface area (Å²) in [5.41, 5.74) is 2.99. The molecule has 4 nitrogen and oxygen atoms in total. The average Bonchev–Trinajstić information content (AvgIpc) is 2.99. The number of nitrogens with zero attached hydrogens (tertiary/aromatic N) is 1. The van der Waals surface area contributed by atoms with Crippen molar-refractivity contribution in [3.63, 3.8) is 0 Å². The van der Waals surface area contributed by atoms with E-state index in [1.807, 2.05) is 12.1 Å². The molecule has 0 aromatic heterocycles. The van der Waals surface area contributed by atoms with E-state index < -0.39 is 0 Å². The molecule has 0 spiro atoms. The Hall–Kier alpha value is -2.33. The van der Waals surface area contributed by atoms with Gasteiger partial charge in [-0.25, -0.2) is 0 Å². The van der Waals surface area contributed by atoms with Gasteiger partial charge in [0, 0.05) is 18.8 Å². The number of ether oxygens (including phenoxy) is 1. The summed E-state index contributed by atoms with van der Waals surface area (Å²) >= 11 is 0. The summed E-state index contributed by atoms with van der Waals surface area (Å²) in [6.07, 6.45) is 10.7. The summed E-state index contributed by atoms with van der Waals surface area (Å²) in [4.78, 5) is 15.9. The predicted molar refractivity (Wildman–Crippen MR) is 139 cm³/mol. The molecule has 2 saturated carbocycles. The van der Waals surface area contributed by atoms with Crippen molar-refractivity contribution in [3.8, 4) is 16.9 Å². The lowest BCUT2D eigenvalue weighted by Crippen LogP contribution is -2.41. The zero-order chi connectivity index (χ0) is 23.5. The van der Waals surface area contributed by atoms with Crippen molar-refractivity contribution in [3.05, 3.63) is 48.5 Å². The first kappa shape index (κ1) is 23.4. The number of piperidine rings is 1. The van der Waals surface area contributed by atoms with Gasteiger partial charge in [0.2, 0.25) is 5.91 Å². The molecule has 1 heterocycles. The maximum Gasteiger partial charge on any atom is 0.230 e. The van der Waals surface area contributed by atoms with Gasteiger partial charge in [0.15, 0.2) is 0 Å². The number of carbonyl (C=O) groups excluding carboxylic acids is 1. The topological polar surface area (TPSA) is 41.6 Å². The molecule has 34 heavy (non-hydrogen) atoms. The van der Waals surface area contributed by atoms with E-state index in [0.29, 0.717) is 12.0 Å². The largest absolute Gasteiger partial charge is 0.490 e. The number of rotatable bonds is 5. The highest BCUT2D eigenvalue weighted by Crippen LogP contribution is 2.50. The van der Waals surface area contributed by atoms with Crippen molar-refractivity contribution in [2.24, 2.45) is 17.3 Å². The van der Waals surface area contributed by atoms with Crippen LogP contribution < -0.4 is 10.1 Å². The van der Waals surface area contributed by atoms with Crippen LogP contribution in [0.2, 0.25) is 0 Å². The summed E-state index contributed by atoms with van der Waals surface area (Å²) in [5, 5.41) is 3.32. The van der Waals surface area contributed by atoms with Crippen molar-refractivity contribution in [2.75, 3.05) is 25.5 Å². The molecular formula is C30H40N2O2. The third-order valence-corrected chi connectivity index (χ3v) is 8.43. The first-order valence-corrected chi connectivity index (χ1v) is 13.4. The second-order valence-corrected chi connectivity index (χ2v) is 11.3. The van der Waals surface area contributed by atoms with Crippen molar-refractivity contribution < 1.29 is 9.53 Å². The van der Waals surface area contributed by atoms with E-state index in [1.165, 1.54) is 25.7 Å². The second kappa shape index (κ2) is 10.1. The van der Waals surface area contributed by atoms with E-state index in [1.54, 1.807) is 0 Å². The van der Waals surface area contributed by atoms with Crippen LogP contribution in [0, 0.1) is 17.3 Å². The van der Waals surface area contributed by atoms with Gasteiger partial charge >= 0.3 is 0 Å². The van der Waals surface area contributed by atoms with Gasteiger partial charge in [-0.15, -0.1) is 0 Å². The number of benzene rings is 2. The third-order valence-electron chi connectivity index (χ3n) is 8.43. The molecule has 1 amide bonds. The average molecular weight is 461 g/mol. The second-order valence-electron chi connectivity index (χ2n) is 11.3. The Labute approximate surface area is 205 Å². The third kappa shape index (κ3) is 5.33. The number of anilines is 1. The normalized spacial score (nSPS) is 28.2. The highest BCUT2D eigenvalue weighted by molar-refractivity contribution is 5.96. The highest BCUT2D eigenvalue weighted by Gasteiger charge is 2.45. The van der Waals surface area contributed by atoms with Gasteiger partial charge in [-0.1, -0.05) is 50.5 Å². The van der Waals surface area contributed by atoms with Crippen LogP contribution in [0.5, 0.6) is 5.75 Å². The molecule has 2 aromatic carbocycles. The van der Waals surface area contributed by atoms with Gasteiger partial charge in [-0.05, 0) is 92.8 Å². The number of likely N-dealkylation sites (tertiary alicyclic amines) is 1. The standard InChI is InChI=1S/C30H40N2O2/c1-22-18-23-6-3-4-15-30(20-22,21-23)29(33)31-26-8-5-7-25(19-26)24-9-11-27(12-10-24)34-28-13-16-32(2)17-14-28/h5,7-12,19,22-23,28H,3-4,6,13-18,20-21H2,1-2H3,(H,31,33). The molecule has 3 atom stereocenters. The maximum absolute atomic E-state index is 13.6. The fourth-order valence-electron chi connectivity index (χ4n) is 6.72. The molecule has 3 aliphatic rings. The maximum atomic E-state index is 13.6. The fourth-order valence-corrected chi connectivity index (χ4v) is 6.72. The zero-order valence-electron chi connectivity index (χ0n) is 20.9. The molecule has 1 N–H and O–H groups in total. The van der Waals surface area contributed by atoms with Crippen LogP contribution in [-0.2, 0) is 4.79 Å². The minimum Gasteiger partial charge on any atom is -0.490 e. The Bertz CT molecular complexity index is 980. The molecule has 182 valence electrons. The lowest BCUT2D eigenvalue weighted by Gasteiger charge is -2.41. The van der Waals surface area contributed by atoms with Gasteiger partial charge in [-0.2, -0.15) is 0 Å². The van der Waals surface area contributed by atoms with E-state index in [9.17, 15) is 4.79 Å². The Morgan fingerprint density at radius 3 is 2.59 bits per heavy atom. The van der Waals surface area contributed by atoms with E-state index in [4.69, 9.17) is 4.74 Å². The number of fused-ring (bicyclic) bond motifs is 2. The summed E-state index contributed by atoms with van der Waals surface area (Å²) in [7, 11) is 2.17. The molecule has 2 aromatic rings. The zero-order valence-corrected chi connectivity index (χ0v) is 20.9. The molecule has 3 fully saturated rings. The minimum atomic E-state index is -0.179. The van der Waals surface area contributed by atoms with E-state index in [-0.39, 0.29) is 11.3 Å². The number of amides is 1. The van der Waals surface area contributed by atoms with Crippen LogP contribution in [0.15, 0.2) is 48.5 Å². The molecule has 5 rings (SSSR count). The van der Waals surface area contributed by atoms with E-state index in [2.05, 4.69) is 60.6 Å². The van der Waals surface area contributed by atoms with E-state index >= 15 is 0 Å². The van der Waals surface area contributed by atoms with Gasteiger partial charge in [0.25, 0.3) is 0 Å². The molecule has 1 aliphatic heterocycles. The van der Waals surface area contributed by atoms with Crippen LogP contribution in [0.3, 0.4) is 0 Å². The Morgan fingerprint density at radius 1 is 1.00 bits per heavy atom. The summed E-state index contributed by atoms with van der Waals surface area (Å²) in [5.74, 6) is 2.55. The van der Waals surface area contributed by atoms with Crippen LogP contribution in [-0.4, -0.2) is 37.0 Å². The van der Waals surface area contributed by atoms with Crippen LogP contribution in [0.4, 0.5) is 5.69 Å². The SMILES string of the molecule is CC1CC2CCCCC(C(=O)Nc3cccc(-c4ccc(OC5CCN(C)CC5)cc4)c3)(C1)C2. The smallest absolute Gasteiger partial charge is 0.230 e. The van der Waals surface area contributed by atoms with Gasteiger partial charge in [0.1, 0.15) is 11.9 Å². The minimum absolute atomic E-state index is 0.179. The molecule has 0 radical (unpaired) electrons. The first-order valence-electron chi connectivity index (χ1n) is 13.4. The quantitative estimate of drug-likeness (QED) is 0.536. The molecule has 2 aliphatic carbocycles. The Balaban J connectivity index is 1.26. The number of hydrogen-bond donors (Lipinski definition) is 1. The van der Waals surface area contributed by atoms with Gasteiger partial charge in [-0.3, -0.25) is 4.79 Å². The Morgan fingerprint density at radius 2 is 1.79 bits per heavy atom.